The van der Waals surface area contributed by atoms with Gasteiger partial charge in [0.15, 0.2) is 0 Å². The van der Waals surface area contributed by atoms with Gasteiger partial charge < -0.3 is 15.5 Å². The van der Waals surface area contributed by atoms with Crippen LogP contribution in [-0.2, 0) is 6.42 Å². The average molecular weight is 262 g/mol. The number of thiophene rings is 1. The van der Waals surface area contributed by atoms with Gasteiger partial charge in [-0.15, -0.1) is 11.3 Å². The number of fused-ring (bicyclic) bond motifs is 1. The van der Waals surface area contributed by atoms with Crippen LogP contribution in [0.1, 0.15) is 29.8 Å². The number of hydrogen-bond donors (Lipinski definition) is 3. The van der Waals surface area contributed by atoms with Crippen LogP contribution in [0.15, 0.2) is 6.07 Å². The zero-order valence-electron chi connectivity index (χ0n) is 9.16. The predicted octanol–water partition coefficient (Wildman–Crippen LogP) is 1.72. The molecule has 3 nitrogen and oxygen atoms in total. The van der Waals surface area contributed by atoms with E-state index in [-0.39, 0.29) is 12.6 Å². The summed E-state index contributed by atoms with van der Waals surface area (Å²) < 4.78 is 0.824. The lowest BCUT2D eigenvalue weighted by molar-refractivity contribution is 0.000718. The Morgan fingerprint density at radius 2 is 2.44 bits per heavy atom. The third-order valence-corrected chi connectivity index (χ3v) is 4.26. The first-order chi connectivity index (χ1) is 7.52. The van der Waals surface area contributed by atoms with Gasteiger partial charge in [0.2, 0.25) is 0 Å². The number of aliphatic hydroxyl groups excluding tert-OH is 1. The lowest BCUT2D eigenvalue weighted by Crippen LogP contribution is -2.41. The minimum Gasteiger partial charge on any atom is -0.393 e. The minimum atomic E-state index is -1.05. The first-order valence-corrected chi connectivity index (χ1v) is 6.56. The zero-order chi connectivity index (χ0) is 11.8. The van der Waals surface area contributed by atoms with Crippen molar-refractivity contribution in [3.05, 3.63) is 20.8 Å². The lowest BCUT2D eigenvalue weighted by Gasteiger charge is -2.23. The fourth-order valence-electron chi connectivity index (χ4n) is 1.94. The molecule has 16 heavy (non-hydrogen) atoms. The van der Waals surface area contributed by atoms with Crippen molar-refractivity contribution in [3.8, 4) is 0 Å². The van der Waals surface area contributed by atoms with Gasteiger partial charge in [-0.1, -0.05) is 11.6 Å². The summed E-state index contributed by atoms with van der Waals surface area (Å²) in [6.45, 7) is 1.78. The topological polar surface area (TPSA) is 52.5 Å². The van der Waals surface area contributed by atoms with Gasteiger partial charge in [0.25, 0.3) is 0 Å². The Morgan fingerprint density at radius 1 is 1.69 bits per heavy atom. The van der Waals surface area contributed by atoms with Gasteiger partial charge in [0.05, 0.1) is 16.5 Å². The van der Waals surface area contributed by atoms with Crippen molar-refractivity contribution >= 4 is 22.9 Å². The third kappa shape index (κ3) is 2.57. The van der Waals surface area contributed by atoms with Crippen LogP contribution in [0, 0.1) is 0 Å². The summed E-state index contributed by atoms with van der Waals surface area (Å²) in [7, 11) is 0. The fraction of sp³-hybridized carbons (Fsp3) is 0.636. The molecule has 1 aromatic rings. The summed E-state index contributed by atoms with van der Waals surface area (Å²) in [6.07, 6.45) is 2.09. The number of nitrogens with one attached hydrogen (secondary N) is 1. The van der Waals surface area contributed by atoms with Gasteiger partial charge in [-0.3, -0.25) is 0 Å². The largest absolute Gasteiger partial charge is 0.393 e. The van der Waals surface area contributed by atoms with Crippen molar-refractivity contribution in [1.82, 2.24) is 5.32 Å². The molecule has 5 heteroatoms. The maximum atomic E-state index is 9.70. The molecule has 1 aromatic heterocycles. The second-order valence-corrected chi connectivity index (χ2v) is 6.32. The van der Waals surface area contributed by atoms with E-state index in [0.29, 0.717) is 6.54 Å². The van der Waals surface area contributed by atoms with Crippen LogP contribution >= 0.6 is 22.9 Å². The Bertz CT molecular complexity index is 378. The first-order valence-electron chi connectivity index (χ1n) is 5.36. The molecule has 0 spiro atoms. The van der Waals surface area contributed by atoms with Gasteiger partial charge in [-0.2, -0.15) is 0 Å². The van der Waals surface area contributed by atoms with E-state index < -0.39 is 5.60 Å². The minimum absolute atomic E-state index is 0.232. The standard InChI is InChI=1S/C11H16ClNO2S/c1-11(15,6-14)5-13-8-2-3-9-7(8)4-10(12)16-9/h4,8,13-15H,2-3,5-6H2,1H3. The van der Waals surface area contributed by atoms with E-state index in [0.717, 1.165) is 17.2 Å². The summed E-state index contributed by atoms with van der Waals surface area (Å²) in [4.78, 5) is 1.34. The molecule has 1 heterocycles. The molecule has 0 fully saturated rings. The Balaban J connectivity index is 1.98. The maximum Gasteiger partial charge on any atom is 0.0973 e. The molecule has 0 saturated carbocycles. The number of rotatable bonds is 4. The van der Waals surface area contributed by atoms with Crippen molar-refractivity contribution in [2.45, 2.75) is 31.4 Å². The quantitative estimate of drug-likeness (QED) is 0.774. The molecule has 3 N–H and O–H groups in total. The van der Waals surface area contributed by atoms with E-state index in [9.17, 15) is 5.11 Å². The third-order valence-electron chi connectivity index (χ3n) is 2.92. The van der Waals surface area contributed by atoms with Crippen LogP contribution < -0.4 is 5.32 Å². The van der Waals surface area contributed by atoms with Gasteiger partial charge in [-0.05, 0) is 31.4 Å². The van der Waals surface area contributed by atoms with Crippen LogP contribution in [0.4, 0.5) is 0 Å². The number of aliphatic hydroxyl groups is 2. The van der Waals surface area contributed by atoms with E-state index in [1.807, 2.05) is 6.07 Å². The fourth-order valence-corrected chi connectivity index (χ4v) is 3.30. The molecule has 0 radical (unpaired) electrons. The molecular formula is C11H16ClNO2S. The van der Waals surface area contributed by atoms with Gasteiger partial charge in [0, 0.05) is 17.5 Å². The highest BCUT2D eigenvalue weighted by Crippen LogP contribution is 2.39. The number of halogens is 1. The Labute approximate surface area is 104 Å². The Morgan fingerprint density at radius 3 is 3.12 bits per heavy atom. The van der Waals surface area contributed by atoms with E-state index in [4.69, 9.17) is 16.7 Å². The van der Waals surface area contributed by atoms with Gasteiger partial charge in [-0.25, -0.2) is 0 Å². The van der Waals surface area contributed by atoms with Crippen molar-refractivity contribution in [1.29, 1.82) is 0 Å². The Kier molecular flexibility index (Phi) is 3.56. The highest BCUT2D eigenvalue weighted by atomic mass is 35.5. The predicted molar refractivity (Wildman–Crippen MR) is 66.1 cm³/mol. The molecule has 2 unspecified atom stereocenters. The van der Waals surface area contributed by atoms with Crippen LogP contribution in [0.2, 0.25) is 4.34 Å². The van der Waals surface area contributed by atoms with Gasteiger partial charge in [0.1, 0.15) is 0 Å². The highest BCUT2D eigenvalue weighted by Gasteiger charge is 2.27. The van der Waals surface area contributed by atoms with E-state index in [1.165, 1.54) is 10.4 Å². The molecule has 0 aliphatic heterocycles. The van der Waals surface area contributed by atoms with Crippen molar-refractivity contribution in [2.24, 2.45) is 0 Å². The van der Waals surface area contributed by atoms with Crippen LogP contribution in [0.25, 0.3) is 0 Å². The van der Waals surface area contributed by atoms with Gasteiger partial charge >= 0.3 is 0 Å². The van der Waals surface area contributed by atoms with Crippen molar-refractivity contribution in [3.63, 3.8) is 0 Å². The van der Waals surface area contributed by atoms with Crippen molar-refractivity contribution < 1.29 is 10.2 Å². The molecule has 2 atom stereocenters. The molecule has 0 aromatic carbocycles. The van der Waals surface area contributed by atoms with E-state index >= 15 is 0 Å². The molecule has 1 aliphatic rings. The molecule has 2 rings (SSSR count). The van der Waals surface area contributed by atoms with E-state index in [1.54, 1.807) is 18.3 Å². The lowest BCUT2D eigenvalue weighted by atomic mass is 10.1. The molecule has 90 valence electrons. The highest BCUT2D eigenvalue weighted by molar-refractivity contribution is 7.16. The monoisotopic (exact) mass is 261 g/mol. The first kappa shape index (κ1) is 12.3. The Hall–Kier alpha value is -0.130. The zero-order valence-corrected chi connectivity index (χ0v) is 10.7. The molecule has 1 aliphatic carbocycles. The second kappa shape index (κ2) is 4.63. The SMILES string of the molecule is CC(O)(CO)CNC1CCc2sc(Cl)cc21. The normalized spacial score (nSPS) is 23.1. The van der Waals surface area contributed by atoms with Crippen LogP contribution in [-0.4, -0.2) is 29.0 Å². The van der Waals surface area contributed by atoms with Crippen LogP contribution in [0.5, 0.6) is 0 Å². The second-order valence-electron chi connectivity index (χ2n) is 4.56. The maximum absolute atomic E-state index is 9.70. The molecular weight excluding hydrogens is 246 g/mol. The summed E-state index contributed by atoms with van der Waals surface area (Å²) >= 11 is 7.60. The molecule has 0 bridgehead atoms. The van der Waals surface area contributed by atoms with E-state index in [2.05, 4.69) is 5.32 Å². The molecule has 0 saturated heterocycles. The summed E-state index contributed by atoms with van der Waals surface area (Å²) in [5.41, 5.74) is 0.200. The molecule has 0 amide bonds. The number of aryl methyl sites for hydroxylation is 1. The van der Waals surface area contributed by atoms with Crippen LogP contribution in [0.3, 0.4) is 0 Å². The number of hydrogen-bond acceptors (Lipinski definition) is 4. The summed E-state index contributed by atoms with van der Waals surface area (Å²) in [5.74, 6) is 0. The summed E-state index contributed by atoms with van der Waals surface area (Å²) in [6, 6.07) is 2.26. The summed E-state index contributed by atoms with van der Waals surface area (Å²) in [5, 5.41) is 21.9. The average Bonchev–Trinajstić information content (AvgIpc) is 2.74. The van der Waals surface area contributed by atoms with Crippen molar-refractivity contribution in [2.75, 3.05) is 13.2 Å². The smallest absolute Gasteiger partial charge is 0.0973 e.